The third-order valence-electron chi connectivity index (χ3n) is 8.92. The van der Waals surface area contributed by atoms with Gasteiger partial charge in [-0.1, -0.05) is 130 Å². The number of phenols is 2. The first-order valence-corrected chi connectivity index (χ1v) is 18.4. The number of aryl methyl sites for hydroxylation is 4. The number of benzene rings is 2. The van der Waals surface area contributed by atoms with Crippen molar-refractivity contribution in [1.29, 1.82) is 0 Å². The first kappa shape index (κ1) is 37.0. The molecule has 0 bridgehead atoms. The van der Waals surface area contributed by atoms with Gasteiger partial charge < -0.3 is 14.9 Å². The minimum absolute atomic E-state index is 0.476. The van der Waals surface area contributed by atoms with Crippen LogP contribution in [-0.2, 0) is 25.7 Å². The maximum atomic E-state index is 11.2. The molecule has 0 heterocycles. The Morgan fingerprint density at radius 2 is 0.605 bits per heavy atom. The highest BCUT2D eigenvalue weighted by atomic mass is 16.5. The van der Waals surface area contributed by atoms with Crippen molar-refractivity contribution in [2.45, 2.75) is 182 Å². The average molecular weight is 595 g/mol. The van der Waals surface area contributed by atoms with Crippen LogP contribution in [0.15, 0.2) is 24.3 Å². The van der Waals surface area contributed by atoms with Gasteiger partial charge in [0.25, 0.3) is 0 Å². The fourth-order valence-electron chi connectivity index (χ4n) is 6.15. The topological polar surface area (TPSA) is 49.7 Å². The van der Waals surface area contributed by atoms with Gasteiger partial charge in [-0.3, -0.25) is 0 Å². The van der Waals surface area contributed by atoms with Gasteiger partial charge in [-0.2, -0.15) is 0 Å². The molecule has 0 atom stereocenters. The molecule has 0 aliphatic heterocycles. The molecule has 0 saturated heterocycles. The normalized spacial score (nSPS) is 11.3. The monoisotopic (exact) mass is 595 g/mol. The lowest BCUT2D eigenvalue weighted by Gasteiger charge is -2.17. The third kappa shape index (κ3) is 14.9. The summed E-state index contributed by atoms with van der Waals surface area (Å²) >= 11 is 0. The lowest BCUT2D eigenvalue weighted by atomic mass is 9.97. The molecule has 0 spiro atoms. The van der Waals surface area contributed by atoms with Gasteiger partial charge in [-0.05, 0) is 97.9 Å². The molecule has 2 aromatic rings. The van der Waals surface area contributed by atoms with E-state index in [2.05, 4.69) is 52.0 Å². The highest BCUT2D eigenvalue weighted by molar-refractivity contribution is 5.51. The molecule has 2 N–H and O–H groups in total. The van der Waals surface area contributed by atoms with Gasteiger partial charge in [0.05, 0.1) is 0 Å². The zero-order valence-corrected chi connectivity index (χ0v) is 28.6. The standard InChI is InChI=1S/C40H66O3/c1-5-9-13-17-21-25-33-29-37(30-34(39(33)41)26-22-18-14-10-6-2)43-38-31-35(27-23-19-15-11-7-3)40(42)36(32-38)28-24-20-16-12-8-4/h29-32,41-42H,5-28H2,1-4H3. The smallest absolute Gasteiger partial charge is 0.128 e. The summed E-state index contributed by atoms with van der Waals surface area (Å²) in [5.74, 6) is 2.59. The Labute approximate surface area is 265 Å². The summed E-state index contributed by atoms with van der Waals surface area (Å²) in [6.45, 7) is 8.99. The first-order chi connectivity index (χ1) is 21.0. The molecule has 0 aliphatic carbocycles. The van der Waals surface area contributed by atoms with Crippen molar-refractivity contribution in [3.8, 4) is 23.0 Å². The molecule has 0 saturated carbocycles. The highest BCUT2D eigenvalue weighted by Gasteiger charge is 2.15. The van der Waals surface area contributed by atoms with E-state index in [9.17, 15) is 10.2 Å². The summed E-state index contributed by atoms with van der Waals surface area (Å²) in [5.41, 5.74) is 4.07. The number of unbranched alkanes of at least 4 members (excludes halogenated alkanes) is 16. The Morgan fingerprint density at radius 3 is 0.837 bits per heavy atom. The molecule has 43 heavy (non-hydrogen) atoms. The fraction of sp³-hybridized carbons (Fsp3) is 0.700. The van der Waals surface area contributed by atoms with E-state index < -0.39 is 0 Å². The molecule has 0 radical (unpaired) electrons. The van der Waals surface area contributed by atoms with Crippen LogP contribution in [0.25, 0.3) is 0 Å². The second-order valence-corrected chi connectivity index (χ2v) is 12.9. The van der Waals surface area contributed by atoms with Crippen LogP contribution in [-0.4, -0.2) is 10.2 Å². The van der Waals surface area contributed by atoms with Gasteiger partial charge in [-0.15, -0.1) is 0 Å². The molecular formula is C40H66O3. The van der Waals surface area contributed by atoms with Crippen molar-refractivity contribution in [3.05, 3.63) is 46.5 Å². The second-order valence-electron chi connectivity index (χ2n) is 12.9. The van der Waals surface area contributed by atoms with Crippen LogP contribution in [0.5, 0.6) is 23.0 Å². The van der Waals surface area contributed by atoms with E-state index in [1.807, 2.05) is 0 Å². The summed E-state index contributed by atoms with van der Waals surface area (Å²) in [4.78, 5) is 0. The minimum atomic E-state index is 0.476. The summed E-state index contributed by atoms with van der Waals surface area (Å²) in [5, 5.41) is 22.5. The van der Waals surface area contributed by atoms with Crippen LogP contribution >= 0.6 is 0 Å². The number of hydrogen-bond donors (Lipinski definition) is 2. The van der Waals surface area contributed by atoms with Gasteiger partial charge in [0.15, 0.2) is 0 Å². The molecular weight excluding hydrogens is 528 g/mol. The van der Waals surface area contributed by atoms with E-state index >= 15 is 0 Å². The lowest BCUT2D eigenvalue weighted by Crippen LogP contribution is -1.98. The minimum Gasteiger partial charge on any atom is -0.507 e. The number of rotatable bonds is 26. The predicted octanol–water partition coefficient (Wildman–Crippen LogP) is 12.9. The largest absolute Gasteiger partial charge is 0.507 e. The summed E-state index contributed by atoms with van der Waals surface area (Å²) < 4.78 is 6.61. The van der Waals surface area contributed by atoms with Crippen LogP contribution in [0.1, 0.15) is 178 Å². The zero-order chi connectivity index (χ0) is 31.1. The van der Waals surface area contributed by atoms with Crippen LogP contribution in [0.2, 0.25) is 0 Å². The fourth-order valence-corrected chi connectivity index (χ4v) is 6.15. The SMILES string of the molecule is CCCCCCCc1cc(Oc2cc(CCCCCCC)c(O)c(CCCCCCC)c2)cc(CCCCCCC)c1O. The Balaban J connectivity index is 2.28. The van der Waals surface area contributed by atoms with E-state index in [1.54, 1.807) is 0 Å². The summed E-state index contributed by atoms with van der Waals surface area (Å²) in [6, 6.07) is 8.27. The average Bonchev–Trinajstić information content (AvgIpc) is 3.00. The Kier molecular flexibility index (Phi) is 20.0. The molecule has 0 unspecified atom stereocenters. The van der Waals surface area contributed by atoms with Crippen molar-refractivity contribution >= 4 is 0 Å². The van der Waals surface area contributed by atoms with Crippen molar-refractivity contribution in [1.82, 2.24) is 0 Å². The first-order valence-electron chi connectivity index (χ1n) is 18.4. The van der Waals surface area contributed by atoms with Gasteiger partial charge in [0.2, 0.25) is 0 Å². The van der Waals surface area contributed by atoms with E-state index in [0.29, 0.717) is 11.5 Å². The summed E-state index contributed by atoms with van der Waals surface area (Å²) in [6.07, 6.45) is 27.8. The molecule has 0 aromatic heterocycles. The van der Waals surface area contributed by atoms with E-state index in [-0.39, 0.29) is 0 Å². The molecule has 0 aliphatic rings. The molecule has 2 rings (SSSR count). The molecule has 0 fully saturated rings. The van der Waals surface area contributed by atoms with E-state index in [0.717, 1.165) is 85.1 Å². The van der Waals surface area contributed by atoms with Crippen molar-refractivity contribution in [2.24, 2.45) is 0 Å². The maximum absolute atomic E-state index is 11.2. The Hall–Kier alpha value is -2.16. The van der Waals surface area contributed by atoms with Crippen LogP contribution < -0.4 is 4.74 Å². The van der Waals surface area contributed by atoms with Crippen molar-refractivity contribution < 1.29 is 14.9 Å². The lowest BCUT2D eigenvalue weighted by molar-refractivity contribution is 0.441. The highest BCUT2D eigenvalue weighted by Crippen LogP contribution is 2.37. The number of aromatic hydroxyl groups is 2. The van der Waals surface area contributed by atoms with Gasteiger partial charge in [-0.25, -0.2) is 0 Å². The quantitative estimate of drug-likeness (QED) is 0.107. The predicted molar refractivity (Wildman–Crippen MR) is 186 cm³/mol. The van der Waals surface area contributed by atoms with Gasteiger partial charge in [0, 0.05) is 0 Å². The van der Waals surface area contributed by atoms with Crippen LogP contribution in [0, 0.1) is 0 Å². The Morgan fingerprint density at radius 1 is 0.372 bits per heavy atom. The zero-order valence-electron chi connectivity index (χ0n) is 28.6. The Bertz CT molecular complexity index is 846. The molecule has 2 aromatic carbocycles. The molecule has 0 amide bonds. The molecule has 244 valence electrons. The number of phenolic OH excluding ortho intramolecular Hbond substituents is 2. The molecule has 3 heteroatoms. The summed E-state index contributed by atoms with van der Waals surface area (Å²) in [7, 11) is 0. The van der Waals surface area contributed by atoms with Crippen molar-refractivity contribution in [2.75, 3.05) is 0 Å². The number of ether oxygens (including phenoxy) is 1. The van der Waals surface area contributed by atoms with Gasteiger partial charge >= 0.3 is 0 Å². The number of hydrogen-bond acceptors (Lipinski definition) is 3. The van der Waals surface area contributed by atoms with E-state index in [4.69, 9.17) is 4.74 Å². The maximum Gasteiger partial charge on any atom is 0.128 e. The second kappa shape index (κ2) is 23.3. The van der Waals surface area contributed by atoms with Crippen LogP contribution in [0.4, 0.5) is 0 Å². The molecule has 3 nitrogen and oxygen atoms in total. The van der Waals surface area contributed by atoms with Crippen molar-refractivity contribution in [3.63, 3.8) is 0 Å². The van der Waals surface area contributed by atoms with Crippen LogP contribution in [0.3, 0.4) is 0 Å². The van der Waals surface area contributed by atoms with Gasteiger partial charge in [0.1, 0.15) is 23.0 Å². The van der Waals surface area contributed by atoms with E-state index in [1.165, 1.54) is 103 Å². The third-order valence-corrected chi connectivity index (χ3v) is 8.92.